The molecule has 1 unspecified atom stereocenters. The molecule has 1 saturated heterocycles. The van der Waals surface area contributed by atoms with Crippen molar-refractivity contribution in [3.05, 3.63) is 30.4 Å². The molecule has 2 aromatic rings. The van der Waals surface area contributed by atoms with Crippen LogP contribution in [0.3, 0.4) is 0 Å². The lowest BCUT2D eigenvalue weighted by Gasteiger charge is -2.29. The highest BCUT2D eigenvalue weighted by Gasteiger charge is 2.19. The molecule has 1 fully saturated rings. The van der Waals surface area contributed by atoms with Crippen molar-refractivity contribution in [1.29, 1.82) is 0 Å². The lowest BCUT2D eigenvalue weighted by Crippen LogP contribution is -2.33. The molecule has 0 radical (unpaired) electrons. The molecular weight excluding hydrogens is 226 g/mol. The molecular formula is C14H19N3O. The highest BCUT2D eigenvalue weighted by atomic mass is 16.3. The molecule has 0 aliphatic carbocycles. The number of hydrogen-bond donors (Lipinski definition) is 1. The smallest absolute Gasteiger partial charge is 0.119 e. The fraction of sp³-hybridized carbons (Fsp3) is 0.500. The van der Waals surface area contributed by atoms with Crippen LogP contribution in [0.1, 0.15) is 18.7 Å². The highest BCUT2D eigenvalue weighted by Crippen LogP contribution is 2.21. The zero-order valence-electron chi connectivity index (χ0n) is 10.7. The van der Waals surface area contributed by atoms with Gasteiger partial charge < -0.3 is 14.4 Å². The van der Waals surface area contributed by atoms with Gasteiger partial charge in [0, 0.05) is 25.2 Å². The predicted octanol–water partition coefficient (Wildman–Crippen LogP) is 1.92. The molecule has 3 rings (SSSR count). The van der Waals surface area contributed by atoms with Gasteiger partial charge in [-0.2, -0.15) is 0 Å². The van der Waals surface area contributed by atoms with Crippen molar-refractivity contribution in [3.8, 4) is 5.75 Å². The lowest BCUT2D eigenvalue weighted by atomic mass is 9.95. The van der Waals surface area contributed by atoms with Crippen molar-refractivity contribution >= 4 is 5.52 Å². The highest BCUT2D eigenvalue weighted by molar-refractivity contribution is 5.50. The van der Waals surface area contributed by atoms with E-state index >= 15 is 0 Å². The summed E-state index contributed by atoms with van der Waals surface area (Å²) in [4.78, 5) is 6.89. The third-order valence-corrected chi connectivity index (χ3v) is 3.79. The second kappa shape index (κ2) is 4.61. The molecule has 0 bridgehead atoms. The molecule has 18 heavy (non-hydrogen) atoms. The molecule has 0 amide bonds. The number of aromatic hydroxyl groups is 1. The van der Waals surface area contributed by atoms with E-state index in [9.17, 15) is 5.11 Å². The summed E-state index contributed by atoms with van der Waals surface area (Å²) in [7, 11) is 2.19. The SMILES string of the molecule is CN1CCCC(Cc2ncc3cc(O)ccn23)C1. The van der Waals surface area contributed by atoms with Gasteiger partial charge in [0.25, 0.3) is 0 Å². The van der Waals surface area contributed by atoms with E-state index < -0.39 is 0 Å². The molecule has 1 aliphatic heterocycles. The maximum atomic E-state index is 9.45. The monoisotopic (exact) mass is 245 g/mol. The minimum Gasteiger partial charge on any atom is -0.508 e. The summed E-state index contributed by atoms with van der Waals surface area (Å²) in [5.74, 6) is 2.10. The Morgan fingerprint density at radius 3 is 3.22 bits per heavy atom. The molecule has 4 heteroatoms. The molecule has 96 valence electrons. The van der Waals surface area contributed by atoms with Gasteiger partial charge in [-0.15, -0.1) is 0 Å². The van der Waals surface area contributed by atoms with E-state index in [-0.39, 0.29) is 0 Å². The quantitative estimate of drug-likeness (QED) is 0.879. The van der Waals surface area contributed by atoms with Crippen LogP contribution in [-0.4, -0.2) is 39.5 Å². The maximum absolute atomic E-state index is 9.45. The van der Waals surface area contributed by atoms with E-state index in [2.05, 4.69) is 21.3 Å². The summed E-state index contributed by atoms with van der Waals surface area (Å²) in [5.41, 5.74) is 0.967. The number of nitrogens with zero attached hydrogens (tertiary/aromatic N) is 3. The van der Waals surface area contributed by atoms with Gasteiger partial charge >= 0.3 is 0 Å². The third-order valence-electron chi connectivity index (χ3n) is 3.79. The Balaban J connectivity index is 1.82. The number of fused-ring (bicyclic) bond motifs is 1. The molecule has 1 N–H and O–H groups in total. The summed E-state index contributed by atoms with van der Waals surface area (Å²) in [6.07, 6.45) is 7.33. The van der Waals surface area contributed by atoms with Crippen molar-refractivity contribution in [2.24, 2.45) is 5.92 Å². The minimum atomic E-state index is 0.298. The topological polar surface area (TPSA) is 40.8 Å². The normalized spacial score (nSPS) is 21.5. The fourth-order valence-electron chi connectivity index (χ4n) is 2.89. The molecule has 0 spiro atoms. The van der Waals surface area contributed by atoms with Crippen molar-refractivity contribution in [2.75, 3.05) is 20.1 Å². The number of imidazole rings is 1. The van der Waals surface area contributed by atoms with Crippen LogP contribution in [0.2, 0.25) is 0 Å². The molecule has 2 aromatic heterocycles. The molecule has 3 heterocycles. The first-order valence-corrected chi connectivity index (χ1v) is 6.56. The van der Waals surface area contributed by atoms with Gasteiger partial charge in [0.15, 0.2) is 0 Å². The Hall–Kier alpha value is -1.55. The van der Waals surface area contributed by atoms with Crippen LogP contribution in [0.15, 0.2) is 24.5 Å². The van der Waals surface area contributed by atoms with E-state index in [1.807, 2.05) is 12.4 Å². The van der Waals surface area contributed by atoms with E-state index in [0.717, 1.165) is 24.3 Å². The van der Waals surface area contributed by atoms with Crippen LogP contribution in [0, 0.1) is 5.92 Å². The van der Waals surface area contributed by atoms with Gasteiger partial charge in [-0.05, 0) is 38.4 Å². The first-order chi connectivity index (χ1) is 8.72. The van der Waals surface area contributed by atoms with Crippen molar-refractivity contribution < 1.29 is 5.11 Å². The van der Waals surface area contributed by atoms with Crippen LogP contribution in [0.4, 0.5) is 0 Å². The molecule has 1 atom stereocenters. The second-order valence-electron chi connectivity index (χ2n) is 5.33. The summed E-state index contributed by atoms with van der Waals surface area (Å²) in [5, 5.41) is 9.45. The number of aromatic nitrogens is 2. The third kappa shape index (κ3) is 2.20. The molecule has 1 aliphatic rings. The Morgan fingerprint density at radius 1 is 1.50 bits per heavy atom. The van der Waals surface area contributed by atoms with Gasteiger partial charge in [0.1, 0.15) is 11.6 Å². The van der Waals surface area contributed by atoms with Crippen molar-refractivity contribution in [2.45, 2.75) is 19.3 Å². The van der Waals surface area contributed by atoms with Crippen LogP contribution in [0.25, 0.3) is 5.52 Å². The number of likely N-dealkylation sites (tertiary alicyclic amines) is 1. The average molecular weight is 245 g/mol. The standard InChI is InChI=1S/C14H19N3O/c1-16-5-2-3-11(10-16)7-14-15-9-12-8-13(18)4-6-17(12)14/h4,6,8-9,11,18H,2-3,5,7,10H2,1H3. The summed E-state index contributed by atoms with van der Waals surface area (Å²) in [6, 6.07) is 3.47. The van der Waals surface area contributed by atoms with Gasteiger partial charge in [-0.1, -0.05) is 0 Å². The number of piperidine rings is 1. The Bertz CT molecular complexity index is 549. The summed E-state index contributed by atoms with van der Waals surface area (Å²) in [6.45, 7) is 2.37. The van der Waals surface area contributed by atoms with Crippen LogP contribution < -0.4 is 0 Å². The van der Waals surface area contributed by atoms with Crippen molar-refractivity contribution in [3.63, 3.8) is 0 Å². The number of pyridine rings is 1. The zero-order valence-corrected chi connectivity index (χ0v) is 10.7. The Kier molecular flexibility index (Phi) is 2.96. The Morgan fingerprint density at radius 2 is 2.39 bits per heavy atom. The number of rotatable bonds is 2. The minimum absolute atomic E-state index is 0.298. The lowest BCUT2D eigenvalue weighted by molar-refractivity contribution is 0.207. The van der Waals surface area contributed by atoms with E-state index in [1.54, 1.807) is 12.1 Å². The Labute approximate surface area is 107 Å². The first-order valence-electron chi connectivity index (χ1n) is 6.56. The predicted molar refractivity (Wildman–Crippen MR) is 70.8 cm³/mol. The van der Waals surface area contributed by atoms with Gasteiger partial charge in [0.05, 0.1) is 11.7 Å². The van der Waals surface area contributed by atoms with Crippen molar-refractivity contribution in [1.82, 2.24) is 14.3 Å². The fourth-order valence-corrected chi connectivity index (χ4v) is 2.89. The summed E-state index contributed by atoms with van der Waals surface area (Å²) < 4.78 is 2.08. The van der Waals surface area contributed by atoms with E-state index in [0.29, 0.717) is 11.7 Å². The second-order valence-corrected chi connectivity index (χ2v) is 5.33. The zero-order chi connectivity index (χ0) is 12.5. The van der Waals surface area contributed by atoms with Gasteiger partial charge in [0.2, 0.25) is 0 Å². The molecule has 0 aromatic carbocycles. The van der Waals surface area contributed by atoms with E-state index in [1.165, 1.54) is 19.4 Å². The van der Waals surface area contributed by atoms with Crippen LogP contribution in [-0.2, 0) is 6.42 Å². The molecule has 0 saturated carbocycles. The van der Waals surface area contributed by atoms with E-state index in [4.69, 9.17) is 0 Å². The van der Waals surface area contributed by atoms with Crippen LogP contribution in [0.5, 0.6) is 5.75 Å². The maximum Gasteiger partial charge on any atom is 0.119 e. The number of hydrogen-bond acceptors (Lipinski definition) is 3. The van der Waals surface area contributed by atoms with Gasteiger partial charge in [-0.3, -0.25) is 0 Å². The largest absolute Gasteiger partial charge is 0.508 e. The average Bonchev–Trinajstić information content (AvgIpc) is 2.72. The summed E-state index contributed by atoms with van der Waals surface area (Å²) >= 11 is 0. The van der Waals surface area contributed by atoms with Gasteiger partial charge in [-0.25, -0.2) is 4.98 Å². The van der Waals surface area contributed by atoms with Crippen LogP contribution >= 0.6 is 0 Å². The first kappa shape index (κ1) is 11.5. The molecule has 4 nitrogen and oxygen atoms in total.